The van der Waals surface area contributed by atoms with E-state index in [1.165, 1.54) is 13.8 Å². The molecule has 1 aromatic carbocycles. The van der Waals surface area contributed by atoms with Crippen molar-refractivity contribution in [2.75, 3.05) is 5.32 Å². The number of rotatable bonds is 5. The summed E-state index contributed by atoms with van der Waals surface area (Å²) in [7, 11) is 0. The molecule has 1 N–H and O–H groups in total. The van der Waals surface area contributed by atoms with Crippen molar-refractivity contribution in [3.63, 3.8) is 0 Å². The van der Waals surface area contributed by atoms with Gasteiger partial charge in [-0.1, -0.05) is 0 Å². The molecule has 0 aliphatic heterocycles. The lowest BCUT2D eigenvalue weighted by atomic mass is 10.1. The number of ether oxygens (including phenoxy) is 1. The summed E-state index contributed by atoms with van der Waals surface area (Å²) < 4.78 is 4.00. The highest BCUT2D eigenvalue weighted by molar-refractivity contribution is 6.53. The van der Waals surface area contributed by atoms with Gasteiger partial charge in [0.05, 0.1) is 0 Å². The minimum absolute atomic E-state index is 0.0616. The number of esters is 1. The lowest BCUT2D eigenvalue weighted by molar-refractivity contribution is -0.158. The summed E-state index contributed by atoms with van der Waals surface area (Å²) >= 11 is 11.8. The second kappa shape index (κ2) is 6.13. The normalized spacial score (nSPS) is 22.8. The standard InChI is InChI=1S/C16H17Cl2NO4/c1-9(20)11-4-6-12(7-5-11)19-13(21)10(2)23-14(22)15(3)8-16(15,17)18/h4-7,10H,8H2,1-3H3,(H,19,21)/t10-,15-/m0/s1. The van der Waals surface area contributed by atoms with Crippen LogP contribution in [0.1, 0.15) is 37.6 Å². The Bertz CT molecular complexity index is 657. The Morgan fingerprint density at radius 2 is 1.74 bits per heavy atom. The first kappa shape index (κ1) is 17.8. The van der Waals surface area contributed by atoms with E-state index in [-0.39, 0.29) is 5.78 Å². The molecule has 0 aromatic heterocycles. The number of hydrogen-bond donors (Lipinski definition) is 1. The largest absolute Gasteiger partial charge is 0.452 e. The van der Waals surface area contributed by atoms with Gasteiger partial charge < -0.3 is 10.1 Å². The van der Waals surface area contributed by atoms with Crippen molar-refractivity contribution in [1.82, 2.24) is 0 Å². The zero-order chi connectivity index (χ0) is 17.4. The SMILES string of the molecule is CC(=O)c1ccc(NC(=O)[C@H](C)OC(=O)[C@]2(C)CC2(Cl)Cl)cc1. The van der Waals surface area contributed by atoms with Crippen LogP contribution in [0.5, 0.6) is 0 Å². The monoisotopic (exact) mass is 357 g/mol. The first-order valence-electron chi connectivity index (χ1n) is 7.07. The van der Waals surface area contributed by atoms with Crippen molar-refractivity contribution < 1.29 is 19.1 Å². The number of Topliss-reactive ketones (excluding diaryl/α,β-unsaturated/α-hetero) is 1. The van der Waals surface area contributed by atoms with Crippen molar-refractivity contribution in [3.8, 4) is 0 Å². The topological polar surface area (TPSA) is 72.5 Å². The Balaban J connectivity index is 1.93. The molecule has 1 fully saturated rings. The van der Waals surface area contributed by atoms with Gasteiger partial charge in [-0.25, -0.2) is 0 Å². The number of alkyl halides is 2. The van der Waals surface area contributed by atoms with Gasteiger partial charge in [-0.3, -0.25) is 14.4 Å². The average Bonchev–Trinajstić information content (AvgIpc) is 2.99. The third-order valence-corrected chi connectivity index (χ3v) is 5.02. The van der Waals surface area contributed by atoms with Gasteiger partial charge >= 0.3 is 5.97 Å². The molecule has 5 nitrogen and oxygen atoms in total. The van der Waals surface area contributed by atoms with Gasteiger partial charge in [0.1, 0.15) is 9.75 Å². The number of carbonyl (C=O) groups is 3. The molecule has 0 bridgehead atoms. The van der Waals surface area contributed by atoms with Crippen LogP contribution < -0.4 is 5.32 Å². The van der Waals surface area contributed by atoms with Crippen LogP contribution in [0.25, 0.3) is 0 Å². The maximum Gasteiger partial charge on any atom is 0.315 e. The van der Waals surface area contributed by atoms with Crippen molar-refractivity contribution in [2.24, 2.45) is 5.41 Å². The van der Waals surface area contributed by atoms with Crippen LogP contribution >= 0.6 is 23.2 Å². The number of ketones is 1. The van der Waals surface area contributed by atoms with E-state index >= 15 is 0 Å². The number of benzene rings is 1. The zero-order valence-electron chi connectivity index (χ0n) is 13.0. The lowest BCUT2D eigenvalue weighted by Gasteiger charge is -2.17. The summed E-state index contributed by atoms with van der Waals surface area (Å²) in [5, 5.41) is 2.61. The summed E-state index contributed by atoms with van der Waals surface area (Å²) in [6, 6.07) is 6.42. The van der Waals surface area contributed by atoms with E-state index in [9.17, 15) is 14.4 Å². The van der Waals surface area contributed by atoms with E-state index < -0.39 is 27.7 Å². The molecule has 0 unspecified atom stereocenters. The zero-order valence-corrected chi connectivity index (χ0v) is 14.5. The number of hydrogen-bond acceptors (Lipinski definition) is 4. The molecule has 1 aromatic rings. The molecule has 2 rings (SSSR count). The smallest absolute Gasteiger partial charge is 0.315 e. The quantitative estimate of drug-likeness (QED) is 0.498. The molecule has 1 aliphatic carbocycles. The molecule has 0 saturated heterocycles. The van der Waals surface area contributed by atoms with E-state index in [4.69, 9.17) is 27.9 Å². The third kappa shape index (κ3) is 3.67. The third-order valence-electron chi connectivity index (χ3n) is 3.92. The summed E-state index contributed by atoms with van der Waals surface area (Å²) in [4.78, 5) is 35.3. The Hall–Kier alpha value is -1.59. The Morgan fingerprint density at radius 3 is 2.17 bits per heavy atom. The van der Waals surface area contributed by atoms with E-state index in [1.807, 2.05) is 0 Å². The Morgan fingerprint density at radius 1 is 1.22 bits per heavy atom. The predicted molar refractivity (Wildman–Crippen MR) is 87.8 cm³/mol. The summed E-state index contributed by atoms with van der Waals surface area (Å²) in [5.74, 6) is -1.14. The van der Waals surface area contributed by atoms with Crippen molar-refractivity contribution in [3.05, 3.63) is 29.8 Å². The van der Waals surface area contributed by atoms with Gasteiger partial charge in [0.25, 0.3) is 5.91 Å². The lowest BCUT2D eigenvalue weighted by Crippen LogP contribution is -2.33. The molecule has 124 valence electrons. The number of amides is 1. The van der Waals surface area contributed by atoms with Gasteiger partial charge in [-0.15, -0.1) is 23.2 Å². The highest BCUT2D eigenvalue weighted by Gasteiger charge is 2.69. The number of nitrogens with one attached hydrogen (secondary N) is 1. The van der Waals surface area contributed by atoms with Gasteiger partial charge in [0.15, 0.2) is 11.9 Å². The Kier molecular flexibility index (Phi) is 4.74. The molecular weight excluding hydrogens is 341 g/mol. The summed E-state index contributed by atoms with van der Waals surface area (Å²) in [6.07, 6.45) is -0.695. The van der Waals surface area contributed by atoms with Crippen LogP contribution in [0.4, 0.5) is 5.69 Å². The molecule has 7 heteroatoms. The van der Waals surface area contributed by atoms with Crippen LogP contribution in [-0.2, 0) is 14.3 Å². The molecule has 1 aliphatic rings. The molecule has 0 radical (unpaired) electrons. The minimum atomic E-state index is -1.14. The minimum Gasteiger partial charge on any atom is -0.452 e. The van der Waals surface area contributed by atoms with E-state index in [2.05, 4.69) is 5.32 Å². The van der Waals surface area contributed by atoms with E-state index in [0.29, 0.717) is 17.7 Å². The van der Waals surface area contributed by atoms with Gasteiger partial charge in [-0.2, -0.15) is 0 Å². The summed E-state index contributed by atoms with van der Waals surface area (Å²) in [6.45, 7) is 4.52. The van der Waals surface area contributed by atoms with Crippen molar-refractivity contribution >= 4 is 46.5 Å². The molecule has 2 atom stereocenters. The fraction of sp³-hybridized carbons (Fsp3) is 0.438. The molecule has 1 amide bonds. The van der Waals surface area contributed by atoms with Gasteiger partial charge in [-0.05, 0) is 45.0 Å². The van der Waals surface area contributed by atoms with Crippen LogP contribution in [0.2, 0.25) is 0 Å². The molecule has 1 saturated carbocycles. The first-order valence-corrected chi connectivity index (χ1v) is 7.83. The molecule has 0 heterocycles. The van der Waals surface area contributed by atoms with Crippen molar-refractivity contribution in [1.29, 1.82) is 0 Å². The fourth-order valence-electron chi connectivity index (χ4n) is 2.00. The highest BCUT2D eigenvalue weighted by Crippen LogP contribution is 2.64. The van der Waals surface area contributed by atoms with Crippen molar-refractivity contribution in [2.45, 2.75) is 37.6 Å². The molecule has 23 heavy (non-hydrogen) atoms. The maximum absolute atomic E-state index is 12.1. The number of anilines is 1. The average molecular weight is 358 g/mol. The maximum atomic E-state index is 12.1. The van der Waals surface area contributed by atoms with Crippen LogP contribution in [0.15, 0.2) is 24.3 Å². The molecule has 0 spiro atoms. The van der Waals surface area contributed by atoms with Gasteiger partial charge in [0, 0.05) is 17.7 Å². The Labute approximate surface area is 144 Å². The second-order valence-corrected chi connectivity index (χ2v) is 7.37. The second-order valence-electron chi connectivity index (χ2n) is 5.88. The highest BCUT2D eigenvalue weighted by atomic mass is 35.5. The van der Waals surface area contributed by atoms with Crippen LogP contribution in [-0.4, -0.2) is 28.1 Å². The fourth-order valence-corrected chi connectivity index (χ4v) is 2.69. The van der Waals surface area contributed by atoms with Crippen LogP contribution in [0.3, 0.4) is 0 Å². The van der Waals surface area contributed by atoms with E-state index in [1.54, 1.807) is 31.2 Å². The summed E-state index contributed by atoms with van der Waals surface area (Å²) in [5.41, 5.74) is 0.0719. The number of halogens is 2. The van der Waals surface area contributed by atoms with Crippen LogP contribution in [0, 0.1) is 5.41 Å². The first-order chi connectivity index (χ1) is 10.6. The predicted octanol–water partition coefficient (Wildman–Crippen LogP) is 3.34. The van der Waals surface area contributed by atoms with E-state index in [0.717, 1.165) is 0 Å². The number of carbonyl (C=O) groups excluding carboxylic acids is 3. The molecular formula is C16H17Cl2NO4. The van der Waals surface area contributed by atoms with Gasteiger partial charge in [0.2, 0.25) is 0 Å².